The topological polar surface area (TPSA) is 85.4 Å². The van der Waals surface area contributed by atoms with Crippen molar-refractivity contribution in [1.82, 2.24) is 4.90 Å². The number of hydrogen-bond acceptors (Lipinski definition) is 6. The minimum atomic E-state index is -0.489. The molecule has 0 N–H and O–H groups in total. The van der Waals surface area contributed by atoms with Crippen LogP contribution in [0.4, 0.5) is 15.3 Å². The van der Waals surface area contributed by atoms with Crippen LogP contribution in [-0.4, -0.2) is 62.0 Å². The molecule has 1 aromatic rings. The number of esters is 1. The standard InChI is InChI=1S/C23H32N2O6/c1-23(2,3)31-21(27)24-11-7-16(8-12-24)10-14-30-22(28)25-13-9-17-15-18(20(26)29-4)5-6-19(17)25/h5-6,15-16H,7-14H2,1-4H3. The molecule has 8 nitrogen and oxygen atoms in total. The summed E-state index contributed by atoms with van der Waals surface area (Å²) in [5.41, 5.74) is 1.71. The van der Waals surface area contributed by atoms with Gasteiger partial charge in [-0.2, -0.15) is 0 Å². The van der Waals surface area contributed by atoms with E-state index in [1.54, 1.807) is 28.0 Å². The third-order valence-corrected chi connectivity index (χ3v) is 5.63. The van der Waals surface area contributed by atoms with Gasteiger partial charge in [-0.1, -0.05) is 0 Å². The highest BCUT2D eigenvalue weighted by molar-refractivity contribution is 5.94. The lowest BCUT2D eigenvalue weighted by molar-refractivity contribution is 0.0175. The van der Waals surface area contributed by atoms with E-state index >= 15 is 0 Å². The fourth-order valence-corrected chi connectivity index (χ4v) is 3.96. The quantitative estimate of drug-likeness (QED) is 0.528. The van der Waals surface area contributed by atoms with E-state index in [4.69, 9.17) is 14.2 Å². The van der Waals surface area contributed by atoms with Crippen molar-refractivity contribution in [1.29, 1.82) is 0 Å². The van der Waals surface area contributed by atoms with Crippen LogP contribution in [0.1, 0.15) is 56.0 Å². The van der Waals surface area contributed by atoms with Crippen LogP contribution in [0, 0.1) is 5.92 Å². The summed E-state index contributed by atoms with van der Waals surface area (Å²) in [5.74, 6) is 0.0292. The van der Waals surface area contributed by atoms with E-state index in [-0.39, 0.29) is 18.2 Å². The highest BCUT2D eigenvalue weighted by Crippen LogP contribution is 2.30. The molecule has 2 aliphatic rings. The van der Waals surface area contributed by atoms with Gasteiger partial charge in [0.1, 0.15) is 5.60 Å². The molecule has 0 atom stereocenters. The molecule has 1 saturated heterocycles. The molecule has 1 aromatic carbocycles. The van der Waals surface area contributed by atoms with Gasteiger partial charge < -0.3 is 19.1 Å². The van der Waals surface area contributed by atoms with E-state index < -0.39 is 5.60 Å². The number of hydrogen-bond donors (Lipinski definition) is 0. The van der Waals surface area contributed by atoms with Gasteiger partial charge in [0.15, 0.2) is 0 Å². The number of piperidine rings is 1. The summed E-state index contributed by atoms with van der Waals surface area (Å²) in [7, 11) is 1.35. The van der Waals surface area contributed by atoms with E-state index in [0.717, 1.165) is 30.5 Å². The van der Waals surface area contributed by atoms with Crippen molar-refractivity contribution in [3.05, 3.63) is 29.3 Å². The van der Waals surface area contributed by atoms with Gasteiger partial charge in [0.25, 0.3) is 0 Å². The first-order valence-corrected chi connectivity index (χ1v) is 10.8. The fraction of sp³-hybridized carbons (Fsp3) is 0.609. The second-order valence-corrected chi connectivity index (χ2v) is 9.05. The number of ether oxygens (including phenoxy) is 3. The van der Waals surface area contributed by atoms with E-state index in [1.807, 2.05) is 20.8 Å². The van der Waals surface area contributed by atoms with Gasteiger partial charge in [-0.15, -0.1) is 0 Å². The molecule has 0 aromatic heterocycles. The number of amides is 2. The Balaban J connectivity index is 1.42. The molecule has 2 amide bonds. The largest absolute Gasteiger partial charge is 0.465 e. The number of likely N-dealkylation sites (tertiary alicyclic amines) is 1. The minimum absolute atomic E-state index is 0.263. The number of nitrogens with zero attached hydrogens (tertiary/aromatic N) is 2. The smallest absolute Gasteiger partial charge is 0.414 e. The second kappa shape index (κ2) is 9.58. The summed E-state index contributed by atoms with van der Waals surface area (Å²) in [6.45, 7) is 7.80. The Morgan fingerprint density at radius 2 is 1.77 bits per heavy atom. The predicted octanol–water partition coefficient (Wildman–Crippen LogP) is 4.01. The summed E-state index contributed by atoms with van der Waals surface area (Å²) in [6, 6.07) is 5.20. The van der Waals surface area contributed by atoms with Crippen molar-refractivity contribution in [3.63, 3.8) is 0 Å². The first kappa shape index (κ1) is 22.9. The van der Waals surface area contributed by atoms with Gasteiger partial charge in [-0.25, -0.2) is 14.4 Å². The molecular formula is C23H32N2O6. The lowest BCUT2D eigenvalue weighted by atomic mass is 9.94. The SMILES string of the molecule is COC(=O)c1ccc2c(c1)CCN2C(=O)OCCC1CCN(C(=O)OC(C)(C)C)CC1. The first-order valence-electron chi connectivity index (χ1n) is 10.8. The van der Waals surface area contributed by atoms with Gasteiger partial charge in [-0.05, 0) is 76.1 Å². The number of methoxy groups -OCH3 is 1. The Morgan fingerprint density at radius 3 is 2.42 bits per heavy atom. The zero-order chi connectivity index (χ0) is 22.6. The number of carbonyl (C=O) groups is 3. The van der Waals surface area contributed by atoms with Crippen molar-refractivity contribution < 1.29 is 28.6 Å². The van der Waals surface area contributed by atoms with Crippen LogP contribution >= 0.6 is 0 Å². The van der Waals surface area contributed by atoms with Crippen LogP contribution in [0.15, 0.2) is 18.2 Å². The van der Waals surface area contributed by atoms with Crippen LogP contribution in [0.3, 0.4) is 0 Å². The fourth-order valence-electron chi connectivity index (χ4n) is 3.96. The summed E-state index contributed by atoms with van der Waals surface area (Å²) in [6.07, 6.45) is 2.57. The molecule has 0 spiro atoms. The number of benzene rings is 1. The third-order valence-electron chi connectivity index (χ3n) is 5.63. The van der Waals surface area contributed by atoms with Crippen LogP contribution in [0.5, 0.6) is 0 Å². The molecule has 170 valence electrons. The lowest BCUT2D eigenvalue weighted by Gasteiger charge is -2.33. The van der Waals surface area contributed by atoms with Crippen molar-refractivity contribution in [2.75, 3.05) is 38.3 Å². The summed E-state index contributed by atoms with van der Waals surface area (Å²) >= 11 is 0. The molecule has 2 aliphatic heterocycles. The molecule has 8 heteroatoms. The molecule has 3 rings (SSSR count). The summed E-state index contributed by atoms with van der Waals surface area (Å²) in [5, 5.41) is 0. The van der Waals surface area contributed by atoms with Gasteiger partial charge in [0, 0.05) is 19.6 Å². The average Bonchev–Trinajstić information content (AvgIpc) is 3.15. The van der Waals surface area contributed by atoms with E-state index in [2.05, 4.69) is 0 Å². The Hall–Kier alpha value is -2.77. The zero-order valence-corrected chi connectivity index (χ0v) is 18.8. The van der Waals surface area contributed by atoms with Crippen molar-refractivity contribution >= 4 is 23.8 Å². The summed E-state index contributed by atoms with van der Waals surface area (Å²) in [4.78, 5) is 39.7. The molecule has 2 heterocycles. The maximum atomic E-state index is 12.5. The van der Waals surface area contributed by atoms with Crippen molar-refractivity contribution in [2.24, 2.45) is 5.92 Å². The number of carbonyl (C=O) groups excluding carboxylic acids is 3. The molecule has 0 aliphatic carbocycles. The molecule has 0 bridgehead atoms. The van der Waals surface area contributed by atoms with Crippen molar-refractivity contribution in [2.45, 2.75) is 52.1 Å². The van der Waals surface area contributed by atoms with E-state index in [1.165, 1.54) is 7.11 Å². The van der Waals surface area contributed by atoms with Gasteiger partial charge in [0.05, 0.1) is 25.0 Å². The van der Waals surface area contributed by atoms with Crippen LogP contribution in [-0.2, 0) is 20.6 Å². The predicted molar refractivity (Wildman–Crippen MR) is 115 cm³/mol. The number of rotatable bonds is 4. The monoisotopic (exact) mass is 432 g/mol. The molecule has 0 radical (unpaired) electrons. The lowest BCUT2D eigenvalue weighted by Crippen LogP contribution is -2.42. The van der Waals surface area contributed by atoms with Crippen molar-refractivity contribution in [3.8, 4) is 0 Å². The second-order valence-electron chi connectivity index (χ2n) is 9.05. The van der Waals surface area contributed by atoms with Crippen LogP contribution in [0.2, 0.25) is 0 Å². The Kier molecular flexibility index (Phi) is 7.08. The zero-order valence-electron chi connectivity index (χ0n) is 18.8. The maximum Gasteiger partial charge on any atom is 0.414 e. The van der Waals surface area contributed by atoms with Crippen LogP contribution < -0.4 is 4.90 Å². The number of anilines is 1. The third kappa shape index (κ3) is 5.89. The highest BCUT2D eigenvalue weighted by atomic mass is 16.6. The Labute approximate surface area is 183 Å². The van der Waals surface area contributed by atoms with E-state index in [9.17, 15) is 14.4 Å². The Bertz CT molecular complexity index is 824. The molecule has 1 fully saturated rings. The highest BCUT2D eigenvalue weighted by Gasteiger charge is 2.29. The van der Waals surface area contributed by atoms with Gasteiger partial charge in [-0.3, -0.25) is 4.90 Å². The minimum Gasteiger partial charge on any atom is -0.465 e. The van der Waals surface area contributed by atoms with Gasteiger partial charge in [0.2, 0.25) is 0 Å². The Morgan fingerprint density at radius 1 is 1.06 bits per heavy atom. The normalized spacial score (nSPS) is 16.6. The molecule has 0 unspecified atom stereocenters. The number of fused-ring (bicyclic) bond motifs is 1. The molecular weight excluding hydrogens is 400 g/mol. The average molecular weight is 433 g/mol. The van der Waals surface area contributed by atoms with Gasteiger partial charge >= 0.3 is 18.2 Å². The molecule has 0 saturated carbocycles. The molecule has 31 heavy (non-hydrogen) atoms. The van der Waals surface area contributed by atoms with E-state index in [0.29, 0.717) is 44.1 Å². The first-order chi connectivity index (χ1) is 14.7. The van der Waals surface area contributed by atoms with Crippen LogP contribution in [0.25, 0.3) is 0 Å². The summed E-state index contributed by atoms with van der Waals surface area (Å²) < 4.78 is 15.7. The maximum absolute atomic E-state index is 12.5.